The maximum absolute atomic E-state index is 12.5. The Labute approximate surface area is 145 Å². The van der Waals surface area contributed by atoms with Gasteiger partial charge in [0.15, 0.2) is 11.5 Å². The van der Waals surface area contributed by atoms with Gasteiger partial charge < -0.3 is 14.8 Å². The number of aryl methyl sites for hydroxylation is 1. The summed E-state index contributed by atoms with van der Waals surface area (Å²) in [5.74, 6) is 1.24. The topological polar surface area (TPSA) is 60.5 Å². The van der Waals surface area contributed by atoms with Crippen molar-refractivity contribution in [3.8, 4) is 22.6 Å². The van der Waals surface area contributed by atoms with E-state index >= 15 is 0 Å². The molecule has 124 valence electrons. The van der Waals surface area contributed by atoms with Gasteiger partial charge in [0.1, 0.15) is 0 Å². The van der Waals surface area contributed by atoms with Crippen molar-refractivity contribution in [2.45, 2.75) is 6.92 Å². The maximum Gasteiger partial charge on any atom is 0.257 e. The summed E-state index contributed by atoms with van der Waals surface area (Å²) in [4.78, 5) is 16.7. The van der Waals surface area contributed by atoms with Crippen LogP contribution in [0, 0.1) is 6.92 Å². The zero-order chi connectivity index (χ0) is 17.2. The molecule has 2 aromatic carbocycles. The lowest BCUT2D eigenvalue weighted by atomic mass is 10.0. The number of nitrogens with one attached hydrogen (secondary N) is 1. The summed E-state index contributed by atoms with van der Waals surface area (Å²) in [7, 11) is 0. The molecule has 5 heteroatoms. The van der Waals surface area contributed by atoms with E-state index in [1.54, 1.807) is 12.4 Å². The number of para-hydroxylation sites is 1. The second kappa shape index (κ2) is 6.28. The van der Waals surface area contributed by atoms with Crippen LogP contribution in [0.4, 0.5) is 5.69 Å². The molecule has 0 unspecified atom stereocenters. The van der Waals surface area contributed by atoms with Crippen molar-refractivity contribution in [2.24, 2.45) is 0 Å². The molecule has 1 aromatic heterocycles. The highest BCUT2D eigenvalue weighted by Crippen LogP contribution is 2.35. The number of pyridine rings is 1. The van der Waals surface area contributed by atoms with Gasteiger partial charge in [0, 0.05) is 23.6 Å². The van der Waals surface area contributed by atoms with E-state index in [1.165, 1.54) is 0 Å². The molecule has 1 aliphatic heterocycles. The molecule has 1 N–H and O–H groups in total. The highest BCUT2D eigenvalue weighted by Gasteiger charge is 2.15. The van der Waals surface area contributed by atoms with Crippen molar-refractivity contribution in [3.63, 3.8) is 0 Å². The molecule has 2 heterocycles. The summed E-state index contributed by atoms with van der Waals surface area (Å²) in [6.45, 7) is 2.19. The van der Waals surface area contributed by atoms with Crippen LogP contribution in [-0.4, -0.2) is 17.7 Å². The minimum atomic E-state index is -0.190. The zero-order valence-electron chi connectivity index (χ0n) is 13.7. The summed E-state index contributed by atoms with van der Waals surface area (Å²) >= 11 is 0. The molecule has 0 radical (unpaired) electrons. The molecular weight excluding hydrogens is 316 g/mol. The first-order valence-corrected chi connectivity index (χ1v) is 7.93. The van der Waals surface area contributed by atoms with Gasteiger partial charge in [0.05, 0.1) is 5.56 Å². The number of nitrogens with zero attached hydrogens (tertiary/aromatic N) is 1. The van der Waals surface area contributed by atoms with Crippen molar-refractivity contribution in [2.75, 3.05) is 12.1 Å². The fourth-order valence-electron chi connectivity index (χ4n) is 2.71. The zero-order valence-corrected chi connectivity index (χ0v) is 13.7. The molecule has 5 nitrogen and oxygen atoms in total. The summed E-state index contributed by atoms with van der Waals surface area (Å²) < 4.78 is 10.7. The van der Waals surface area contributed by atoms with E-state index in [0.29, 0.717) is 11.3 Å². The molecule has 0 aliphatic carbocycles. The minimum Gasteiger partial charge on any atom is -0.454 e. The lowest BCUT2D eigenvalue weighted by molar-refractivity contribution is 0.102. The smallest absolute Gasteiger partial charge is 0.257 e. The van der Waals surface area contributed by atoms with Crippen molar-refractivity contribution >= 4 is 11.6 Å². The molecule has 1 amide bonds. The Morgan fingerprint density at radius 2 is 1.84 bits per heavy atom. The van der Waals surface area contributed by atoms with Crippen LogP contribution in [0.2, 0.25) is 0 Å². The summed E-state index contributed by atoms with van der Waals surface area (Å²) in [6.07, 6.45) is 3.28. The standard InChI is InChI=1S/C20H16N2O3/c1-13-4-2-3-5-17(13)22-20(23)16-8-15(10-21-11-16)14-6-7-18-19(9-14)25-12-24-18/h2-11H,12H2,1H3,(H,22,23). The Bertz CT molecular complexity index is 953. The lowest BCUT2D eigenvalue weighted by Gasteiger charge is -2.09. The fourth-order valence-corrected chi connectivity index (χ4v) is 2.71. The van der Waals surface area contributed by atoms with Crippen LogP contribution in [-0.2, 0) is 0 Å². The quantitative estimate of drug-likeness (QED) is 0.786. The van der Waals surface area contributed by atoms with E-state index < -0.39 is 0 Å². The Morgan fingerprint density at radius 1 is 1.00 bits per heavy atom. The number of hydrogen-bond acceptors (Lipinski definition) is 4. The number of amides is 1. The van der Waals surface area contributed by atoms with E-state index in [9.17, 15) is 4.79 Å². The molecule has 0 fully saturated rings. The number of benzene rings is 2. The number of fused-ring (bicyclic) bond motifs is 1. The van der Waals surface area contributed by atoms with Gasteiger partial charge in [-0.15, -0.1) is 0 Å². The number of carbonyl (C=O) groups is 1. The number of ether oxygens (including phenoxy) is 2. The predicted octanol–water partition coefficient (Wildman–Crippen LogP) is 4.04. The Balaban J connectivity index is 1.61. The fraction of sp³-hybridized carbons (Fsp3) is 0.100. The van der Waals surface area contributed by atoms with Gasteiger partial charge >= 0.3 is 0 Å². The van der Waals surface area contributed by atoms with Crippen molar-refractivity contribution in [1.29, 1.82) is 0 Å². The van der Waals surface area contributed by atoms with Gasteiger partial charge in [-0.2, -0.15) is 0 Å². The minimum absolute atomic E-state index is 0.190. The van der Waals surface area contributed by atoms with E-state index in [1.807, 2.05) is 55.5 Å². The highest BCUT2D eigenvalue weighted by molar-refractivity contribution is 6.05. The molecule has 25 heavy (non-hydrogen) atoms. The van der Waals surface area contributed by atoms with Gasteiger partial charge in [-0.1, -0.05) is 24.3 Å². The van der Waals surface area contributed by atoms with E-state index in [-0.39, 0.29) is 12.7 Å². The van der Waals surface area contributed by atoms with E-state index in [0.717, 1.165) is 28.1 Å². The first-order chi connectivity index (χ1) is 12.2. The first kappa shape index (κ1) is 15.2. The summed E-state index contributed by atoms with van der Waals surface area (Å²) in [5, 5.41) is 2.92. The van der Waals surface area contributed by atoms with Crippen molar-refractivity contribution < 1.29 is 14.3 Å². The van der Waals surface area contributed by atoms with Gasteiger partial charge in [-0.3, -0.25) is 9.78 Å². The van der Waals surface area contributed by atoms with Crippen LogP contribution in [0.5, 0.6) is 11.5 Å². The first-order valence-electron chi connectivity index (χ1n) is 7.93. The number of rotatable bonds is 3. The van der Waals surface area contributed by atoms with Crippen LogP contribution in [0.15, 0.2) is 60.9 Å². The van der Waals surface area contributed by atoms with Crippen LogP contribution in [0.25, 0.3) is 11.1 Å². The van der Waals surface area contributed by atoms with Crippen LogP contribution in [0.3, 0.4) is 0 Å². The van der Waals surface area contributed by atoms with Crippen molar-refractivity contribution in [1.82, 2.24) is 4.98 Å². The average Bonchev–Trinajstić information content (AvgIpc) is 3.11. The Morgan fingerprint density at radius 3 is 2.72 bits per heavy atom. The van der Waals surface area contributed by atoms with Gasteiger partial charge in [0.25, 0.3) is 5.91 Å². The Hall–Kier alpha value is -3.34. The van der Waals surface area contributed by atoms with E-state index in [4.69, 9.17) is 9.47 Å². The molecule has 4 rings (SSSR count). The molecule has 0 atom stereocenters. The molecular formula is C20H16N2O3. The SMILES string of the molecule is Cc1ccccc1NC(=O)c1cncc(-c2ccc3c(c2)OCO3)c1. The molecule has 0 saturated heterocycles. The molecule has 0 spiro atoms. The number of hydrogen-bond donors (Lipinski definition) is 1. The number of carbonyl (C=O) groups excluding carboxylic acids is 1. The van der Waals surface area contributed by atoms with Crippen LogP contribution < -0.4 is 14.8 Å². The summed E-state index contributed by atoms with van der Waals surface area (Å²) in [5.41, 5.74) is 4.06. The normalized spacial score (nSPS) is 12.0. The Kier molecular flexibility index (Phi) is 3.82. The monoisotopic (exact) mass is 332 g/mol. The van der Waals surface area contributed by atoms with Gasteiger partial charge in [0.2, 0.25) is 6.79 Å². The largest absolute Gasteiger partial charge is 0.454 e. The third kappa shape index (κ3) is 3.04. The second-order valence-electron chi connectivity index (χ2n) is 5.80. The lowest BCUT2D eigenvalue weighted by Crippen LogP contribution is -2.13. The second-order valence-corrected chi connectivity index (χ2v) is 5.80. The number of anilines is 1. The molecule has 0 saturated carbocycles. The van der Waals surface area contributed by atoms with Gasteiger partial charge in [-0.25, -0.2) is 0 Å². The van der Waals surface area contributed by atoms with Crippen molar-refractivity contribution in [3.05, 3.63) is 72.1 Å². The van der Waals surface area contributed by atoms with E-state index in [2.05, 4.69) is 10.3 Å². The summed E-state index contributed by atoms with van der Waals surface area (Å²) in [6, 6.07) is 15.2. The highest BCUT2D eigenvalue weighted by atomic mass is 16.7. The maximum atomic E-state index is 12.5. The molecule has 1 aliphatic rings. The number of aromatic nitrogens is 1. The molecule has 3 aromatic rings. The predicted molar refractivity (Wildman–Crippen MR) is 94.9 cm³/mol. The van der Waals surface area contributed by atoms with Crippen LogP contribution >= 0.6 is 0 Å². The average molecular weight is 332 g/mol. The third-order valence-electron chi connectivity index (χ3n) is 4.10. The van der Waals surface area contributed by atoms with Crippen LogP contribution in [0.1, 0.15) is 15.9 Å². The molecule has 0 bridgehead atoms. The van der Waals surface area contributed by atoms with Gasteiger partial charge in [-0.05, 0) is 42.3 Å². The third-order valence-corrected chi connectivity index (χ3v) is 4.10.